The van der Waals surface area contributed by atoms with Crippen molar-refractivity contribution >= 4 is 71.6 Å². The Bertz CT molecular complexity index is 3040. The number of unbranched alkanes of at least 4 members (excludes halogenated alkanes) is 10. The molecule has 4 aliphatic rings. The molecule has 14 unspecified atom stereocenters. The van der Waals surface area contributed by atoms with Crippen molar-refractivity contribution in [1.82, 2.24) is 0 Å². The van der Waals surface area contributed by atoms with Crippen LogP contribution in [0.4, 0.5) is 0 Å². The van der Waals surface area contributed by atoms with Gasteiger partial charge < -0.3 is 86.7 Å². The predicted octanol–water partition coefficient (Wildman–Crippen LogP) is 9.34. The summed E-state index contributed by atoms with van der Waals surface area (Å²) >= 11 is 0. The van der Waals surface area contributed by atoms with E-state index in [0.717, 1.165) is 77.0 Å². The molecule has 14 atom stereocenters. The van der Waals surface area contributed by atoms with Gasteiger partial charge in [-0.1, -0.05) is 91.9 Å². The van der Waals surface area contributed by atoms with E-state index in [0.29, 0.717) is 63.2 Å². The summed E-state index contributed by atoms with van der Waals surface area (Å²) in [6, 6.07) is 12.7. The first kappa shape index (κ1) is 92.4. The molecular weight excluding hydrogens is 1460 g/mol. The number of hydrogen-bond acceptors (Lipinski definition) is 30. The number of esters is 12. The Morgan fingerprint density at radius 2 is 0.607 bits per heavy atom. The molecule has 2 aromatic rings. The molecule has 30 nitrogen and oxygen atoms in total. The Hall–Kier alpha value is -8.48. The second-order valence-corrected chi connectivity index (χ2v) is 29.6. The van der Waals surface area contributed by atoms with E-state index in [4.69, 9.17) is 66.3 Å². The first-order valence-corrected chi connectivity index (χ1v) is 40.2. The fraction of sp³-hybridized carbons (Fsp3) is 0.707. The van der Waals surface area contributed by atoms with Gasteiger partial charge in [0.1, 0.15) is 35.9 Å². The topological polar surface area (TPSA) is 415 Å². The molecule has 4 N–H and O–H groups in total. The SMILES string of the molecule is CCCCCCCC(=O)OC1CCC(COC(=O)COC(=O)CC(C(=O)OCC(=O)OCC2CCC(OC(=O)c3ccc(OCCCC)cc3)C(O)C2)C(CC(=O)OCC(=O)OCC2CCC(OC(=O)CCCCCCC)C(O)C2)C(=O)OCC(=O)OCC2CCC(OC(=O)c3ccc(OCCCC)cc3)C(O)C2)CC1O. The molecule has 0 aliphatic heterocycles. The fourth-order valence-electron chi connectivity index (χ4n) is 13.6. The van der Waals surface area contributed by atoms with Crippen molar-refractivity contribution in [3.8, 4) is 11.5 Å². The van der Waals surface area contributed by atoms with Crippen LogP contribution in [0.5, 0.6) is 11.5 Å². The van der Waals surface area contributed by atoms with E-state index in [1.54, 1.807) is 48.5 Å². The largest absolute Gasteiger partial charge is 0.494 e. The Morgan fingerprint density at radius 1 is 0.321 bits per heavy atom. The lowest BCUT2D eigenvalue weighted by atomic mass is 9.85. The molecule has 30 heteroatoms. The molecule has 4 saturated carbocycles. The average molecular weight is 1580 g/mol. The number of aliphatic hydroxyl groups is 4. The molecule has 4 aliphatic carbocycles. The summed E-state index contributed by atoms with van der Waals surface area (Å²) in [4.78, 5) is 161. The van der Waals surface area contributed by atoms with E-state index in [9.17, 15) is 78.0 Å². The smallest absolute Gasteiger partial charge is 0.344 e. The summed E-state index contributed by atoms with van der Waals surface area (Å²) in [6.45, 7) is 3.72. The molecule has 626 valence electrons. The van der Waals surface area contributed by atoms with Crippen LogP contribution < -0.4 is 9.47 Å². The highest BCUT2D eigenvalue weighted by molar-refractivity contribution is 5.92. The summed E-state index contributed by atoms with van der Waals surface area (Å²) in [7, 11) is 0. The van der Waals surface area contributed by atoms with Gasteiger partial charge in [0.2, 0.25) is 0 Å². The second-order valence-electron chi connectivity index (χ2n) is 29.6. The lowest BCUT2D eigenvalue weighted by Crippen LogP contribution is -2.39. The van der Waals surface area contributed by atoms with Crippen LogP contribution in [0, 0.1) is 35.5 Å². The number of ether oxygens (including phenoxy) is 14. The van der Waals surface area contributed by atoms with Gasteiger partial charge in [-0.05, 0) is 175 Å². The van der Waals surface area contributed by atoms with Gasteiger partial charge in [-0.3, -0.25) is 28.8 Å². The minimum absolute atomic E-state index is 0.0279. The van der Waals surface area contributed by atoms with Crippen molar-refractivity contribution in [2.45, 2.75) is 269 Å². The molecule has 0 radical (unpaired) electrons. The normalized spacial score (nSPS) is 22.7. The number of carbonyl (C=O) groups is 12. The zero-order chi connectivity index (χ0) is 81.2. The fourth-order valence-corrected chi connectivity index (χ4v) is 13.6. The molecule has 0 spiro atoms. The average Bonchev–Trinajstić information content (AvgIpc) is 0.825. The van der Waals surface area contributed by atoms with Crippen LogP contribution in [0.1, 0.15) is 241 Å². The van der Waals surface area contributed by atoms with Gasteiger partial charge in [0, 0.05) is 12.8 Å². The number of hydrogen-bond donors (Lipinski definition) is 4. The lowest BCUT2D eigenvalue weighted by Gasteiger charge is -2.32. The highest BCUT2D eigenvalue weighted by Gasteiger charge is 2.43. The third-order valence-corrected chi connectivity index (χ3v) is 20.4. The molecular formula is C82H118O30. The minimum Gasteiger partial charge on any atom is -0.494 e. The molecule has 0 amide bonds. The van der Waals surface area contributed by atoms with Gasteiger partial charge in [0.25, 0.3) is 0 Å². The van der Waals surface area contributed by atoms with E-state index in [-0.39, 0.29) is 114 Å². The summed E-state index contributed by atoms with van der Waals surface area (Å²) in [6.07, 6.45) is 5.87. The Balaban J connectivity index is 1.10. The Kier molecular flexibility index (Phi) is 42.3. The summed E-state index contributed by atoms with van der Waals surface area (Å²) in [5.74, 6) is -17.3. The highest BCUT2D eigenvalue weighted by atomic mass is 16.6. The summed E-state index contributed by atoms with van der Waals surface area (Å²) in [5.41, 5.74) is 0.476. The van der Waals surface area contributed by atoms with Crippen molar-refractivity contribution in [2.75, 3.05) is 66.1 Å². The maximum atomic E-state index is 14.4. The maximum Gasteiger partial charge on any atom is 0.344 e. The van der Waals surface area contributed by atoms with Crippen LogP contribution in [0.15, 0.2) is 48.5 Å². The van der Waals surface area contributed by atoms with Gasteiger partial charge in [-0.25, -0.2) is 28.8 Å². The zero-order valence-corrected chi connectivity index (χ0v) is 65.4. The number of carbonyl (C=O) groups excluding carboxylic acids is 12. The molecule has 0 saturated heterocycles. The summed E-state index contributed by atoms with van der Waals surface area (Å²) in [5, 5.41) is 43.8. The minimum atomic E-state index is -2.17. The zero-order valence-electron chi connectivity index (χ0n) is 65.4. The third kappa shape index (κ3) is 34.9. The molecule has 2 aromatic carbocycles. The van der Waals surface area contributed by atoms with Crippen molar-refractivity contribution in [3.05, 3.63) is 59.7 Å². The molecule has 112 heavy (non-hydrogen) atoms. The molecule has 6 rings (SSSR count). The highest BCUT2D eigenvalue weighted by Crippen LogP contribution is 2.33. The maximum absolute atomic E-state index is 14.4. The van der Waals surface area contributed by atoms with E-state index in [1.165, 1.54) is 0 Å². The van der Waals surface area contributed by atoms with Crippen molar-refractivity contribution in [2.24, 2.45) is 35.5 Å². The first-order chi connectivity index (χ1) is 53.9. The van der Waals surface area contributed by atoms with Gasteiger partial charge in [0.15, 0.2) is 26.4 Å². The van der Waals surface area contributed by atoms with Crippen LogP contribution in [0.2, 0.25) is 0 Å². The van der Waals surface area contributed by atoms with E-state index in [2.05, 4.69) is 13.8 Å². The molecule has 0 heterocycles. The number of benzene rings is 2. The number of rotatable bonds is 49. The van der Waals surface area contributed by atoms with Crippen LogP contribution in [0.3, 0.4) is 0 Å². The van der Waals surface area contributed by atoms with Crippen LogP contribution >= 0.6 is 0 Å². The molecule has 0 aromatic heterocycles. The van der Waals surface area contributed by atoms with Gasteiger partial charge in [0.05, 0.1) is 99.9 Å². The van der Waals surface area contributed by atoms with Crippen molar-refractivity contribution in [1.29, 1.82) is 0 Å². The molecule has 0 bridgehead atoms. The van der Waals surface area contributed by atoms with E-state index >= 15 is 0 Å². The quantitative estimate of drug-likeness (QED) is 0.0272. The van der Waals surface area contributed by atoms with Crippen LogP contribution in [-0.4, -0.2) is 207 Å². The predicted molar refractivity (Wildman–Crippen MR) is 396 cm³/mol. The lowest BCUT2D eigenvalue weighted by molar-refractivity contribution is -0.174. The van der Waals surface area contributed by atoms with Gasteiger partial charge in [-0.15, -0.1) is 0 Å². The van der Waals surface area contributed by atoms with Crippen LogP contribution in [-0.2, 0) is 105 Å². The Morgan fingerprint density at radius 3 is 0.902 bits per heavy atom. The monoisotopic (exact) mass is 1580 g/mol. The van der Waals surface area contributed by atoms with Crippen molar-refractivity contribution < 1.29 is 144 Å². The van der Waals surface area contributed by atoms with Gasteiger partial charge in [-0.2, -0.15) is 0 Å². The van der Waals surface area contributed by atoms with Gasteiger partial charge >= 0.3 is 71.6 Å². The van der Waals surface area contributed by atoms with Crippen LogP contribution in [0.25, 0.3) is 0 Å². The third-order valence-electron chi connectivity index (χ3n) is 20.4. The second kappa shape index (κ2) is 51.3. The molecule has 4 fully saturated rings. The Labute approximate surface area is 655 Å². The summed E-state index contributed by atoms with van der Waals surface area (Å²) < 4.78 is 76.4. The van der Waals surface area contributed by atoms with E-state index < -0.39 is 183 Å². The standard InChI is InChI=1S/C82H118O30/c1-5-9-13-15-17-19-71(87)109-67-33-21-53(39-63(67)83)45-101-75(91)49-105-73(89)43-61(81(97)107-51-77(93)103-47-55-23-35-69(65(85)41-55)111-79(95)57-25-29-59(30-26-57)99-37-11-7-3)62(44-74(90)106-50-76(92)102-46-54-22-34-68(64(84)40-54)110-72(88)20-18-16-14-10-6-2)82(98)108-52-78(94)104-48-56-24-36-70(66(86)42-56)112-80(96)58-27-31-60(32-28-58)100-38-12-8-4/h25-32,53-56,61-70,83-86H,5-24,33-52H2,1-4H3. The number of aliphatic hydroxyl groups excluding tert-OH is 4. The first-order valence-electron chi connectivity index (χ1n) is 40.2. The van der Waals surface area contributed by atoms with Crippen molar-refractivity contribution in [3.63, 3.8) is 0 Å². The van der Waals surface area contributed by atoms with E-state index in [1.807, 2.05) is 13.8 Å².